The molecule has 0 bridgehead atoms. The van der Waals surface area contributed by atoms with Gasteiger partial charge in [-0.1, -0.05) is 23.9 Å². The summed E-state index contributed by atoms with van der Waals surface area (Å²) in [6, 6.07) is 11.7. The molecular formula is C25H26N2O5S. The maximum atomic E-state index is 12.2. The van der Waals surface area contributed by atoms with E-state index < -0.39 is 0 Å². The largest absolute Gasteiger partial charge is 0.493 e. The highest BCUT2D eigenvalue weighted by molar-refractivity contribution is 8.14. The van der Waals surface area contributed by atoms with Gasteiger partial charge in [0.15, 0.2) is 11.5 Å². The van der Waals surface area contributed by atoms with Crippen molar-refractivity contribution in [2.75, 3.05) is 20.0 Å². The van der Waals surface area contributed by atoms with Crippen LogP contribution in [0.1, 0.15) is 30.7 Å². The van der Waals surface area contributed by atoms with Crippen molar-refractivity contribution in [2.45, 2.75) is 32.9 Å². The number of ether oxygens (including phenoxy) is 3. The first-order valence-corrected chi connectivity index (χ1v) is 11.6. The Bertz CT molecular complexity index is 1190. The van der Waals surface area contributed by atoms with Gasteiger partial charge >= 0.3 is 0 Å². The topological polar surface area (TPSA) is 78.0 Å². The Morgan fingerprint density at radius 3 is 2.42 bits per heavy atom. The van der Waals surface area contributed by atoms with Crippen LogP contribution in [0.4, 0.5) is 4.79 Å². The van der Waals surface area contributed by atoms with Crippen LogP contribution in [0.15, 0.2) is 42.6 Å². The number of hydrogen-bond donors (Lipinski definition) is 0. The number of rotatable bonds is 8. The smallest absolute Gasteiger partial charge is 0.289 e. The number of pyridine rings is 1. The second kappa shape index (κ2) is 9.70. The predicted molar refractivity (Wildman–Crippen MR) is 128 cm³/mol. The van der Waals surface area contributed by atoms with Crippen LogP contribution in [-0.4, -0.2) is 47.1 Å². The number of amides is 2. The molecule has 1 aliphatic heterocycles. The Hall–Kier alpha value is -3.26. The highest BCUT2D eigenvalue weighted by Gasteiger charge is 2.30. The summed E-state index contributed by atoms with van der Waals surface area (Å²) in [4.78, 5) is 30.3. The summed E-state index contributed by atoms with van der Waals surface area (Å²) in [5.74, 6) is 1.96. The van der Waals surface area contributed by atoms with Gasteiger partial charge in [-0.2, -0.15) is 0 Å². The lowest BCUT2D eigenvalue weighted by molar-refractivity contribution is -0.125. The molecule has 3 aromatic rings. The van der Waals surface area contributed by atoms with Crippen molar-refractivity contribution in [3.8, 4) is 17.2 Å². The zero-order valence-electron chi connectivity index (χ0n) is 19.1. The minimum absolute atomic E-state index is 0.0874. The van der Waals surface area contributed by atoms with E-state index in [1.807, 2.05) is 50.2 Å². The number of imide groups is 1. The van der Waals surface area contributed by atoms with E-state index in [4.69, 9.17) is 19.2 Å². The van der Waals surface area contributed by atoms with Crippen LogP contribution in [0.25, 0.3) is 10.8 Å². The number of thioether (sulfide) groups is 1. The Balaban J connectivity index is 1.77. The first-order valence-electron chi connectivity index (χ1n) is 10.6. The second-order valence-electron chi connectivity index (χ2n) is 8.01. The zero-order valence-corrected chi connectivity index (χ0v) is 19.9. The summed E-state index contributed by atoms with van der Waals surface area (Å²) in [7, 11) is 3.17. The third kappa shape index (κ3) is 4.90. The molecule has 172 valence electrons. The number of aromatic nitrogens is 1. The quantitative estimate of drug-likeness (QED) is 0.471. The van der Waals surface area contributed by atoms with E-state index >= 15 is 0 Å². The number of hydrogen-bond acceptors (Lipinski definition) is 7. The number of fused-ring (bicyclic) bond motifs is 1. The molecule has 1 aromatic heterocycles. The van der Waals surface area contributed by atoms with Crippen LogP contribution >= 0.6 is 11.8 Å². The highest BCUT2D eigenvalue weighted by atomic mass is 32.2. The second-order valence-corrected chi connectivity index (χ2v) is 8.93. The van der Waals surface area contributed by atoms with Crippen molar-refractivity contribution in [3.63, 3.8) is 0 Å². The monoisotopic (exact) mass is 466 g/mol. The van der Waals surface area contributed by atoms with Crippen molar-refractivity contribution in [3.05, 3.63) is 59.4 Å². The number of benzene rings is 2. The van der Waals surface area contributed by atoms with Gasteiger partial charge in [-0.3, -0.25) is 19.5 Å². The predicted octanol–water partition coefficient (Wildman–Crippen LogP) is 4.83. The molecule has 33 heavy (non-hydrogen) atoms. The van der Waals surface area contributed by atoms with E-state index in [2.05, 4.69) is 0 Å². The molecule has 0 atom stereocenters. The molecular weight excluding hydrogens is 440 g/mol. The molecule has 0 unspecified atom stereocenters. The Morgan fingerprint density at radius 1 is 1.06 bits per heavy atom. The summed E-state index contributed by atoms with van der Waals surface area (Å²) < 4.78 is 16.9. The molecule has 0 N–H and O–H groups in total. The van der Waals surface area contributed by atoms with Crippen LogP contribution in [0.3, 0.4) is 0 Å². The van der Waals surface area contributed by atoms with Gasteiger partial charge in [0.25, 0.3) is 5.24 Å². The lowest BCUT2D eigenvalue weighted by Gasteiger charge is -2.18. The fourth-order valence-corrected chi connectivity index (χ4v) is 4.57. The first kappa shape index (κ1) is 22.9. The molecule has 1 aliphatic rings. The molecule has 0 aliphatic carbocycles. The van der Waals surface area contributed by atoms with Gasteiger partial charge < -0.3 is 14.2 Å². The van der Waals surface area contributed by atoms with Crippen LogP contribution in [0.5, 0.6) is 17.2 Å². The van der Waals surface area contributed by atoms with Crippen molar-refractivity contribution in [2.24, 2.45) is 0 Å². The molecule has 1 saturated heterocycles. The van der Waals surface area contributed by atoms with E-state index in [0.29, 0.717) is 17.9 Å². The van der Waals surface area contributed by atoms with Crippen molar-refractivity contribution in [1.29, 1.82) is 0 Å². The van der Waals surface area contributed by atoms with E-state index in [1.165, 1.54) is 4.90 Å². The molecule has 2 heterocycles. The maximum Gasteiger partial charge on any atom is 0.289 e. The van der Waals surface area contributed by atoms with E-state index in [-0.39, 0.29) is 29.5 Å². The SMILES string of the molecule is COc1cc2c(CN3C(=O)CSC3=O)cnc(Cc3cccc(OC(C)C)c3)c2cc1OC. The molecule has 0 saturated carbocycles. The molecule has 0 radical (unpaired) electrons. The molecule has 7 nitrogen and oxygen atoms in total. The summed E-state index contributed by atoms with van der Waals surface area (Å²) in [6.45, 7) is 4.16. The Morgan fingerprint density at radius 2 is 1.79 bits per heavy atom. The summed E-state index contributed by atoms with van der Waals surface area (Å²) >= 11 is 1.02. The molecule has 1 fully saturated rings. The molecule has 2 amide bonds. The lowest BCUT2D eigenvalue weighted by Crippen LogP contribution is -2.28. The molecule has 0 spiro atoms. The number of nitrogens with zero attached hydrogens (tertiary/aromatic N) is 2. The summed E-state index contributed by atoms with van der Waals surface area (Å²) in [6.07, 6.45) is 2.41. The highest BCUT2D eigenvalue weighted by Crippen LogP contribution is 2.36. The van der Waals surface area contributed by atoms with Crippen molar-refractivity contribution in [1.82, 2.24) is 9.88 Å². The lowest BCUT2D eigenvalue weighted by atomic mass is 9.99. The summed E-state index contributed by atoms with van der Waals surface area (Å²) in [5.41, 5.74) is 2.69. The zero-order chi connectivity index (χ0) is 23.5. The standard InChI is InChI=1S/C25H26N2O5S/c1-15(2)32-18-7-5-6-16(8-18)9-21-20-11-23(31-4)22(30-3)10-19(20)17(12-26-21)13-27-24(28)14-33-25(27)29/h5-8,10-12,15H,9,13-14H2,1-4H3. The minimum Gasteiger partial charge on any atom is -0.493 e. The number of methoxy groups -OCH3 is 2. The van der Waals surface area contributed by atoms with Crippen LogP contribution in [0, 0.1) is 0 Å². The number of carbonyl (C=O) groups excluding carboxylic acids is 2. The van der Waals surface area contributed by atoms with Gasteiger partial charge in [0.2, 0.25) is 5.91 Å². The van der Waals surface area contributed by atoms with Gasteiger partial charge in [-0.25, -0.2) is 0 Å². The molecule has 2 aromatic carbocycles. The van der Waals surface area contributed by atoms with Gasteiger partial charge in [0.1, 0.15) is 5.75 Å². The maximum absolute atomic E-state index is 12.2. The van der Waals surface area contributed by atoms with Gasteiger partial charge in [0, 0.05) is 18.0 Å². The third-order valence-electron chi connectivity index (χ3n) is 5.37. The van der Waals surface area contributed by atoms with Crippen LogP contribution in [0.2, 0.25) is 0 Å². The van der Waals surface area contributed by atoms with E-state index in [0.717, 1.165) is 45.1 Å². The average Bonchev–Trinajstić information content (AvgIpc) is 3.11. The van der Waals surface area contributed by atoms with Gasteiger partial charge in [0.05, 0.1) is 38.3 Å². The Labute approximate surface area is 197 Å². The van der Waals surface area contributed by atoms with Crippen molar-refractivity contribution >= 4 is 33.7 Å². The van der Waals surface area contributed by atoms with Crippen molar-refractivity contribution < 1.29 is 23.8 Å². The minimum atomic E-state index is -0.236. The fraction of sp³-hybridized carbons (Fsp3) is 0.320. The number of carbonyl (C=O) groups is 2. The van der Waals surface area contributed by atoms with Gasteiger partial charge in [-0.05, 0) is 54.6 Å². The van der Waals surface area contributed by atoms with Crippen LogP contribution < -0.4 is 14.2 Å². The average molecular weight is 467 g/mol. The van der Waals surface area contributed by atoms with E-state index in [1.54, 1.807) is 20.4 Å². The summed E-state index contributed by atoms with van der Waals surface area (Å²) in [5, 5.41) is 1.51. The molecule has 4 rings (SSSR count). The van der Waals surface area contributed by atoms with Crippen LogP contribution in [-0.2, 0) is 17.8 Å². The first-order chi connectivity index (χ1) is 15.9. The fourth-order valence-electron chi connectivity index (χ4n) is 3.84. The van der Waals surface area contributed by atoms with Gasteiger partial charge in [-0.15, -0.1) is 0 Å². The van der Waals surface area contributed by atoms with E-state index in [9.17, 15) is 9.59 Å². The normalized spacial score (nSPS) is 13.8. The third-order valence-corrected chi connectivity index (χ3v) is 6.23. The Kier molecular flexibility index (Phi) is 6.74. The molecule has 8 heteroatoms.